The standard InChI is InChI=1S/C16H18ClIN6O/c1-4-5-23-12-13(17)21-15(19)22-14(12)24(16(23)25)7-10-9(3)11(18)8(2)6-20-10/h6H,4-5,7H2,1-3H3,(H2,19,21,22). The highest BCUT2D eigenvalue weighted by Crippen LogP contribution is 2.23. The van der Waals surface area contributed by atoms with Crippen LogP contribution in [-0.2, 0) is 13.1 Å². The van der Waals surface area contributed by atoms with Crippen molar-refractivity contribution in [2.45, 2.75) is 40.3 Å². The zero-order valence-corrected chi connectivity index (χ0v) is 17.1. The third-order valence-corrected chi connectivity index (χ3v) is 6.03. The van der Waals surface area contributed by atoms with Crippen molar-refractivity contribution in [3.63, 3.8) is 0 Å². The van der Waals surface area contributed by atoms with Crippen LogP contribution < -0.4 is 11.4 Å². The van der Waals surface area contributed by atoms with Crippen molar-refractivity contribution < 1.29 is 0 Å². The van der Waals surface area contributed by atoms with Crippen molar-refractivity contribution in [3.05, 3.63) is 42.2 Å². The summed E-state index contributed by atoms with van der Waals surface area (Å²) in [6.07, 6.45) is 2.61. The minimum atomic E-state index is -0.185. The van der Waals surface area contributed by atoms with Crippen molar-refractivity contribution in [1.82, 2.24) is 24.1 Å². The van der Waals surface area contributed by atoms with Gasteiger partial charge in [0, 0.05) is 16.3 Å². The molecule has 0 aliphatic rings. The second-order valence-electron chi connectivity index (χ2n) is 5.89. The van der Waals surface area contributed by atoms with Gasteiger partial charge in [-0.1, -0.05) is 18.5 Å². The number of anilines is 1. The summed E-state index contributed by atoms with van der Waals surface area (Å²) >= 11 is 8.54. The number of aryl methyl sites for hydroxylation is 2. The summed E-state index contributed by atoms with van der Waals surface area (Å²) < 4.78 is 4.31. The maximum absolute atomic E-state index is 12.9. The van der Waals surface area contributed by atoms with Gasteiger partial charge in [0.2, 0.25) is 5.95 Å². The second-order valence-corrected chi connectivity index (χ2v) is 7.33. The third kappa shape index (κ3) is 3.12. The van der Waals surface area contributed by atoms with Gasteiger partial charge >= 0.3 is 5.69 Å². The molecule has 0 saturated carbocycles. The number of pyridine rings is 1. The lowest BCUT2D eigenvalue weighted by molar-refractivity contribution is 0.633. The van der Waals surface area contributed by atoms with Gasteiger partial charge in [-0.15, -0.1) is 0 Å². The number of imidazole rings is 1. The highest BCUT2D eigenvalue weighted by molar-refractivity contribution is 14.1. The van der Waals surface area contributed by atoms with Crippen LogP contribution in [0.2, 0.25) is 5.15 Å². The van der Waals surface area contributed by atoms with E-state index in [2.05, 4.69) is 37.5 Å². The van der Waals surface area contributed by atoms with E-state index in [9.17, 15) is 4.79 Å². The minimum absolute atomic E-state index is 0.0445. The Balaban J connectivity index is 2.25. The molecule has 0 unspecified atom stereocenters. The molecule has 3 rings (SSSR count). The number of nitrogen functional groups attached to an aromatic ring is 1. The first-order valence-electron chi connectivity index (χ1n) is 7.87. The van der Waals surface area contributed by atoms with Gasteiger partial charge in [-0.2, -0.15) is 9.97 Å². The molecule has 0 amide bonds. The molecule has 3 aromatic rings. The van der Waals surface area contributed by atoms with Crippen LogP contribution in [-0.4, -0.2) is 24.1 Å². The number of halogens is 2. The summed E-state index contributed by atoms with van der Waals surface area (Å²) in [4.78, 5) is 25.7. The van der Waals surface area contributed by atoms with E-state index in [0.717, 1.165) is 26.8 Å². The Morgan fingerprint density at radius 3 is 2.68 bits per heavy atom. The van der Waals surface area contributed by atoms with E-state index in [1.54, 1.807) is 9.13 Å². The van der Waals surface area contributed by atoms with Gasteiger partial charge in [-0.25, -0.2) is 4.79 Å². The fourth-order valence-corrected chi connectivity index (χ4v) is 3.54. The maximum Gasteiger partial charge on any atom is 0.330 e. The zero-order valence-electron chi connectivity index (χ0n) is 14.2. The molecule has 132 valence electrons. The van der Waals surface area contributed by atoms with Gasteiger partial charge < -0.3 is 5.73 Å². The fraction of sp³-hybridized carbons (Fsp3) is 0.375. The number of aromatic nitrogens is 5. The molecule has 9 heteroatoms. The highest BCUT2D eigenvalue weighted by Gasteiger charge is 2.20. The second kappa shape index (κ2) is 6.91. The van der Waals surface area contributed by atoms with Crippen molar-refractivity contribution in [3.8, 4) is 0 Å². The summed E-state index contributed by atoms with van der Waals surface area (Å²) in [7, 11) is 0. The van der Waals surface area contributed by atoms with Crippen LogP contribution in [0.15, 0.2) is 11.0 Å². The van der Waals surface area contributed by atoms with E-state index < -0.39 is 0 Å². The number of nitrogens with two attached hydrogens (primary N) is 1. The van der Waals surface area contributed by atoms with Gasteiger partial charge in [0.15, 0.2) is 10.8 Å². The summed E-state index contributed by atoms with van der Waals surface area (Å²) in [5, 5.41) is 0.190. The maximum atomic E-state index is 12.9. The number of hydrogen-bond acceptors (Lipinski definition) is 5. The summed E-state index contributed by atoms with van der Waals surface area (Å²) in [6.45, 7) is 6.85. The average molecular weight is 473 g/mol. The largest absolute Gasteiger partial charge is 0.368 e. The van der Waals surface area contributed by atoms with Gasteiger partial charge in [0.05, 0.1) is 12.2 Å². The molecule has 0 fully saturated rings. The van der Waals surface area contributed by atoms with Crippen LogP contribution >= 0.6 is 34.2 Å². The molecule has 0 aliphatic carbocycles. The summed E-state index contributed by atoms with van der Waals surface area (Å²) in [5.74, 6) is 0.0445. The van der Waals surface area contributed by atoms with E-state index in [4.69, 9.17) is 17.3 Å². The zero-order chi connectivity index (χ0) is 18.3. The van der Waals surface area contributed by atoms with Crippen molar-refractivity contribution >= 4 is 51.3 Å². The van der Waals surface area contributed by atoms with Crippen LogP contribution in [0.3, 0.4) is 0 Å². The molecule has 7 nitrogen and oxygen atoms in total. The molecule has 0 radical (unpaired) electrons. The van der Waals surface area contributed by atoms with E-state index in [-0.39, 0.29) is 16.8 Å². The van der Waals surface area contributed by atoms with Crippen molar-refractivity contribution in [2.75, 3.05) is 5.73 Å². The Hall–Kier alpha value is -1.68. The quantitative estimate of drug-likeness (QED) is 0.466. The Bertz CT molecular complexity index is 1030. The van der Waals surface area contributed by atoms with Crippen LogP contribution in [0.5, 0.6) is 0 Å². The number of fused-ring (bicyclic) bond motifs is 1. The molecule has 0 aliphatic heterocycles. The molecule has 0 bridgehead atoms. The van der Waals surface area contributed by atoms with Crippen LogP contribution in [0.4, 0.5) is 5.95 Å². The Morgan fingerprint density at radius 1 is 1.28 bits per heavy atom. The minimum Gasteiger partial charge on any atom is -0.368 e. The van der Waals surface area contributed by atoms with E-state index >= 15 is 0 Å². The van der Waals surface area contributed by atoms with Crippen molar-refractivity contribution in [2.24, 2.45) is 0 Å². The SMILES string of the molecule is CCCn1c(=O)n(Cc2ncc(C)c(I)c2C)c2nc(N)nc(Cl)c21. The predicted octanol–water partition coefficient (Wildman–Crippen LogP) is 2.90. The lowest BCUT2D eigenvalue weighted by Gasteiger charge is -2.09. The Labute approximate surface area is 163 Å². The van der Waals surface area contributed by atoms with Gasteiger partial charge in [0.25, 0.3) is 0 Å². The van der Waals surface area contributed by atoms with Gasteiger partial charge in [-0.05, 0) is 54.0 Å². The van der Waals surface area contributed by atoms with Crippen LogP contribution in [0.25, 0.3) is 11.2 Å². The van der Waals surface area contributed by atoms with Gasteiger partial charge in [0.1, 0.15) is 5.52 Å². The van der Waals surface area contributed by atoms with Gasteiger partial charge in [-0.3, -0.25) is 14.1 Å². The lowest BCUT2D eigenvalue weighted by Crippen LogP contribution is -2.25. The average Bonchev–Trinajstić information content (AvgIpc) is 2.81. The number of hydrogen-bond donors (Lipinski definition) is 1. The molecular weight excluding hydrogens is 455 g/mol. The summed E-state index contributed by atoms with van der Waals surface area (Å²) in [6, 6.07) is 0. The first kappa shape index (κ1) is 18.1. The number of nitrogens with zero attached hydrogens (tertiary/aromatic N) is 5. The molecule has 2 N–H and O–H groups in total. The smallest absolute Gasteiger partial charge is 0.330 e. The lowest BCUT2D eigenvalue weighted by atomic mass is 10.1. The molecule has 0 saturated heterocycles. The Kier molecular flexibility index (Phi) is 5.01. The van der Waals surface area contributed by atoms with Crippen molar-refractivity contribution in [1.29, 1.82) is 0 Å². The van der Waals surface area contributed by atoms with E-state index in [1.807, 2.05) is 27.0 Å². The molecule has 0 spiro atoms. The molecule has 25 heavy (non-hydrogen) atoms. The third-order valence-electron chi connectivity index (χ3n) is 4.11. The fourth-order valence-electron chi connectivity index (χ4n) is 2.82. The number of rotatable bonds is 4. The molecular formula is C16H18ClIN6O. The highest BCUT2D eigenvalue weighted by atomic mass is 127. The molecule has 3 aromatic heterocycles. The first-order chi connectivity index (χ1) is 11.8. The monoisotopic (exact) mass is 472 g/mol. The van der Waals surface area contributed by atoms with E-state index in [0.29, 0.717) is 24.3 Å². The van der Waals surface area contributed by atoms with Crippen LogP contribution in [0, 0.1) is 17.4 Å². The normalized spacial score (nSPS) is 11.4. The Morgan fingerprint density at radius 2 is 2.00 bits per heavy atom. The molecule has 0 atom stereocenters. The van der Waals surface area contributed by atoms with Crippen LogP contribution in [0.1, 0.15) is 30.2 Å². The topological polar surface area (TPSA) is 91.6 Å². The predicted molar refractivity (Wildman–Crippen MR) is 107 cm³/mol. The first-order valence-corrected chi connectivity index (χ1v) is 9.33. The summed E-state index contributed by atoms with van der Waals surface area (Å²) in [5.41, 5.74) is 9.50. The van der Waals surface area contributed by atoms with E-state index in [1.165, 1.54) is 0 Å². The molecule has 3 heterocycles. The molecule has 0 aromatic carbocycles.